The summed E-state index contributed by atoms with van der Waals surface area (Å²) in [4.78, 5) is 16.8. The first-order valence-corrected chi connectivity index (χ1v) is 9.54. The Morgan fingerprint density at radius 2 is 2.16 bits per heavy atom. The van der Waals surface area contributed by atoms with Gasteiger partial charge in [0.15, 0.2) is 0 Å². The Hall–Kier alpha value is -1.60. The molecule has 140 valence electrons. The molecule has 1 atom stereocenters. The average Bonchev–Trinajstić information content (AvgIpc) is 3.13. The highest BCUT2D eigenvalue weighted by Crippen LogP contribution is 2.21. The van der Waals surface area contributed by atoms with E-state index < -0.39 is 0 Å². The maximum absolute atomic E-state index is 12.4. The molecule has 2 fully saturated rings. The molecule has 25 heavy (non-hydrogen) atoms. The second kappa shape index (κ2) is 8.67. The minimum absolute atomic E-state index is 0.0153. The van der Waals surface area contributed by atoms with Crippen molar-refractivity contribution in [3.05, 3.63) is 18.0 Å². The number of likely N-dealkylation sites (tertiary alicyclic amines) is 1. The molecule has 3 rings (SSSR count). The lowest BCUT2D eigenvalue weighted by Gasteiger charge is -2.33. The first kappa shape index (κ1) is 18.2. The van der Waals surface area contributed by atoms with Crippen LogP contribution in [0.25, 0.3) is 0 Å². The second-order valence-electron chi connectivity index (χ2n) is 7.19. The quantitative estimate of drug-likeness (QED) is 0.879. The van der Waals surface area contributed by atoms with Crippen LogP contribution in [0.1, 0.15) is 38.4 Å². The third-order valence-electron chi connectivity index (χ3n) is 5.28. The predicted molar refractivity (Wildman–Crippen MR) is 96.4 cm³/mol. The smallest absolute Gasteiger partial charge is 0.317 e. The molecule has 3 heterocycles. The zero-order chi connectivity index (χ0) is 17.6. The molecule has 0 radical (unpaired) electrons. The molecule has 1 N–H and O–H groups in total. The van der Waals surface area contributed by atoms with Crippen molar-refractivity contribution in [2.24, 2.45) is 5.92 Å². The molecule has 0 saturated carbocycles. The summed E-state index contributed by atoms with van der Waals surface area (Å²) < 4.78 is 7.71. The Morgan fingerprint density at radius 1 is 1.36 bits per heavy atom. The van der Waals surface area contributed by atoms with Crippen molar-refractivity contribution >= 4 is 6.03 Å². The summed E-state index contributed by atoms with van der Waals surface area (Å²) in [6, 6.07) is 0.0153. The van der Waals surface area contributed by atoms with Gasteiger partial charge in [-0.1, -0.05) is 6.92 Å². The van der Waals surface area contributed by atoms with Crippen molar-refractivity contribution in [3.8, 4) is 0 Å². The number of amides is 2. The molecular formula is C18H31N5O2. The zero-order valence-corrected chi connectivity index (χ0v) is 15.5. The molecule has 2 amide bonds. The first-order chi connectivity index (χ1) is 12.2. The lowest BCUT2D eigenvalue weighted by Crippen LogP contribution is -2.49. The van der Waals surface area contributed by atoms with Gasteiger partial charge in [0.25, 0.3) is 0 Å². The Morgan fingerprint density at radius 3 is 2.88 bits per heavy atom. The van der Waals surface area contributed by atoms with E-state index in [1.54, 1.807) is 0 Å². The van der Waals surface area contributed by atoms with E-state index in [4.69, 9.17) is 4.74 Å². The van der Waals surface area contributed by atoms with Crippen LogP contribution in [0.4, 0.5) is 4.79 Å². The summed E-state index contributed by atoms with van der Waals surface area (Å²) in [5, 5.41) is 7.37. The van der Waals surface area contributed by atoms with Crippen LogP contribution in [0.15, 0.2) is 12.4 Å². The van der Waals surface area contributed by atoms with Gasteiger partial charge in [-0.15, -0.1) is 0 Å². The number of nitrogens with one attached hydrogen (secondary N) is 1. The highest BCUT2D eigenvalue weighted by atomic mass is 16.5. The number of piperidine rings is 1. The van der Waals surface area contributed by atoms with E-state index in [1.807, 2.05) is 22.0 Å². The molecule has 1 unspecified atom stereocenters. The largest absolute Gasteiger partial charge is 0.370 e. The van der Waals surface area contributed by atoms with Crippen molar-refractivity contribution in [2.45, 2.75) is 39.3 Å². The zero-order valence-electron chi connectivity index (χ0n) is 15.5. The highest BCUT2D eigenvalue weighted by molar-refractivity contribution is 5.74. The fourth-order valence-electron chi connectivity index (χ4n) is 3.47. The van der Waals surface area contributed by atoms with Crippen LogP contribution in [0.5, 0.6) is 0 Å². The number of aryl methyl sites for hydroxylation is 1. The molecule has 0 aliphatic carbocycles. The number of carbonyl (C=O) groups excluding carboxylic acids is 1. The van der Waals surface area contributed by atoms with E-state index in [9.17, 15) is 4.79 Å². The molecule has 1 aromatic heterocycles. The molecule has 2 saturated heterocycles. The normalized spacial score (nSPS) is 23.0. The minimum Gasteiger partial charge on any atom is -0.370 e. The minimum atomic E-state index is -0.0802. The van der Waals surface area contributed by atoms with Crippen molar-refractivity contribution < 1.29 is 9.53 Å². The highest BCUT2D eigenvalue weighted by Gasteiger charge is 2.26. The maximum Gasteiger partial charge on any atom is 0.317 e. The number of urea groups is 1. The molecule has 0 aromatic carbocycles. The third-order valence-corrected chi connectivity index (χ3v) is 5.28. The monoisotopic (exact) mass is 349 g/mol. The van der Waals surface area contributed by atoms with Gasteiger partial charge in [-0.3, -0.25) is 4.68 Å². The number of nitrogens with zero attached hydrogens (tertiary/aromatic N) is 4. The summed E-state index contributed by atoms with van der Waals surface area (Å²) >= 11 is 0. The SMILES string of the molecule is CCn1cc(C2CN(C(=O)NCCN3CCC(C)CC3)CCO2)cn1. The van der Waals surface area contributed by atoms with Gasteiger partial charge in [0, 0.05) is 37.9 Å². The fraction of sp³-hybridized carbons (Fsp3) is 0.778. The van der Waals surface area contributed by atoms with Crippen molar-refractivity contribution in [1.82, 2.24) is 24.9 Å². The van der Waals surface area contributed by atoms with E-state index in [-0.39, 0.29) is 12.1 Å². The average molecular weight is 349 g/mol. The predicted octanol–water partition coefficient (Wildman–Crippen LogP) is 1.72. The van der Waals surface area contributed by atoms with Crippen molar-refractivity contribution in [1.29, 1.82) is 0 Å². The Balaban J connectivity index is 1.42. The van der Waals surface area contributed by atoms with Gasteiger partial charge in [0.05, 0.1) is 19.3 Å². The van der Waals surface area contributed by atoms with Gasteiger partial charge in [0.1, 0.15) is 6.10 Å². The van der Waals surface area contributed by atoms with Gasteiger partial charge in [-0.2, -0.15) is 5.10 Å². The fourth-order valence-corrected chi connectivity index (χ4v) is 3.47. The summed E-state index contributed by atoms with van der Waals surface area (Å²) in [5.41, 5.74) is 1.04. The van der Waals surface area contributed by atoms with Crippen LogP contribution in [0, 0.1) is 5.92 Å². The Bertz CT molecular complexity index is 553. The van der Waals surface area contributed by atoms with E-state index in [1.165, 1.54) is 12.8 Å². The summed E-state index contributed by atoms with van der Waals surface area (Å²) in [6.45, 7) is 11.0. The van der Waals surface area contributed by atoms with Crippen molar-refractivity contribution in [2.75, 3.05) is 45.9 Å². The maximum atomic E-state index is 12.4. The Kier molecular flexibility index (Phi) is 6.31. The number of morpholine rings is 1. The molecule has 7 nitrogen and oxygen atoms in total. The van der Waals surface area contributed by atoms with Gasteiger partial charge < -0.3 is 19.9 Å². The van der Waals surface area contributed by atoms with Crippen LogP contribution in [0.2, 0.25) is 0 Å². The van der Waals surface area contributed by atoms with Gasteiger partial charge in [0.2, 0.25) is 0 Å². The summed E-state index contributed by atoms with van der Waals surface area (Å²) in [7, 11) is 0. The molecule has 0 bridgehead atoms. The van der Waals surface area contributed by atoms with E-state index >= 15 is 0 Å². The standard InChI is InChI=1S/C18H31N5O2/c1-3-23-13-16(12-20-23)17-14-22(10-11-25-17)18(24)19-6-9-21-7-4-15(2)5-8-21/h12-13,15,17H,3-11,14H2,1-2H3,(H,19,24). The number of hydrogen-bond acceptors (Lipinski definition) is 4. The molecule has 7 heteroatoms. The van der Waals surface area contributed by atoms with E-state index in [0.29, 0.717) is 26.2 Å². The topological polar surface area (TPSA) is 62.6 Å². The van der Waals surface area contributed by atoms with Gasteiger partial charge in [-0.05, 0) is 38.8 Å². The van der Waals surface area contributed by atoms with Gasteiger partial charge in [-0.25, -0.2) is 4.79 Å². The lowest BCUT2D eigenvalue weighted by molar-refractivity contribution is -0.0155. The number of aromatic nitrogens is 2. The Labute approximate surface area is 150 Å². The second-order valence-corrected chi connectivity index (χ2v) is 7.19. The third kappa shape index (κ3) is 4.95. The molecule has 2 aliphatic heterocycles. The van der Waals surface area contributed by atoms with Crippen molar-refractivity contribution in [3.63, 3.8) is 0 Å². The number of ether oxygens (including phenoxy) is 1. The molecular weight excluding hydrogens is 318 g/mol. The number of rotatable bonds is 5. The summed E-state index contributed by atoms with van der Waals surface area (Å²) in [6.07, 6.45) is 6.30. The number of hydrogen-bond donors (Lipinski definition) is 1. The van der Waals surface area contributed by atoms with Crippen LogP contribution < -0.4 is 5.32 Å². The lowest BCUT2D eigenvalue weighted by atomic mass is 9.99. The summed E-state index contributed by atoms with van der Waals surface area (Å²) in [5.74, 6) is 0.841. The van der Waals surface area contributed by atoms with E-state index in [2.05, 4.69) is 29.2 Å². The van der Waals surface area contributed by atoms with E-state index in [0.717, 1.165) is 37.7 Å². The van der Waals surface area contributed by atoms with Crippen LogP contribution in [-0.2, 0) is 11.3 Å². The van der Waals surface area contributed by atoms with Crippen LogP contribution in [-0.4, -0.2) is 71.5 Å². The molecule has 2 aliphatic rings. The van der Waals surface area contributed by atoms with Crippen LogP contribution >= 0.6 is 0 Å². The van der Waals surface area contributed by atoms with Crippen LogP contribution in [0.3, 0.4) is 0 Å². The molecule has 0 spiro atoms. The molecule has 1 aromatic rings. The first-order valence-electron chi connectivity index (χ1n) is 9.54. The van der Waals surface area contributed by atoms with Gasteiger partial charge >= 0.3 is 6.03 Å². The number of carbonyl (C=O) groups is 1.